The highest BCUT2D eigenvalue weighted by molar-refractivity contribution is 5.93. The zero-order valence-corrected chi connectivity index (χ0v) is 11.8. The predicted molar refractivity (Wildman–Crippen MR) is 73.5 cm³/mol. The number of morpholine rings is 1. The highest BCUT2D eigenvalue weighted by Gasteiger charge is 2.28. The van der Waals surface area contributed by atoms with Crippen molar-refractivity contribution in [1.29, 1.82) is 0 Å². The van der Waals surface area contributed by atoms with Crippen LogP contribution in [0.4, 0.5) is 5.95 Å². The van der Waals surface area contributed by atoms with E-state index < -0.39 is 0 Å². The maximum absolute atomic E-state index is 12.1. The lowest BCUT2D eigenvalue weighted by atomic mass is 10.3. The van der Waals surface area contributed by atoms with Crippen molar-refractivity contribution >= 4 is 17.7 Å². The number of nitrogens with zero attached hydrogens (tertiary/aromatic N) is 4. The number of oxazole rings is 1. The first-order valence-corrected chi connectivity index (χ1v) is 7.22. The summed E-state index contributed by atoms with van der Waals surface area (Å²) in [4.78, 5) is 18.5. The van der Waals surface area contributed by atoms with Crippen molar-refractivity contribution < 1.29 is 13.9 Å². The Morgan fingerprint density at radius 1 is 1.33 bits per heavy atom. The summed E-state index contributed by atoms with van der Waals surface area (Å²) < 4.78 is 12.5. The minimum absolute atomic E-state index is 0.185. The summed E-state index contributed by atoms with van der Waals surface area (Å²) >= 11 is 0. The van der Waals surface area contributed by atoms with E-state index in [0.29, 0.717) is 42.5 Å². The molecule has 1 aliphatic heterocycles. The van der Waals surface area contributed by atoms with Crippen molar-refractivity contribution in [2.24, 2.45) is 0 Å². The van der Waals surface area contributed by atoms with Crippen LogP contribution < -0.4 is 10.2 Å². The third-order valence-electron chi connectivity index (χ3n) is 3.82. The van der Waals surface area contributed by atoms with E-state index in [2.05, 4.69) is 20.3 Å². The topological polar surface area (TPSA) is 84.9 Å². The molecular weight excluding hydrogens is 274 g/mol. The zero-order valence-electron chi connectivity index (χ0n) is 11.8. The average Bonchev–Trinajstić information content (AvgIpc) is 3.12. The van der Waals surface area contributed by atoms with Crippen LogP contribution in [-0.2, 0) is 4.74 Å². The fraction of sp³-hybridized carbons (Fsp3) is 0.615. The molecule has 2 aromatic heterocycles. The van der Waals surface area contributed by atoms with Crippen molar-refractivity contribution in [3.8, 4) is 0 Å². The lowest BCUT2D eigenvalue weighted by molar-refractivity contribution is 0.0924. The number of anilines is 1. The molecule has 0 bridgehead atoms. The largest absolute Gasteiger partial charge is 0.416 e. The number of carbonyl (C=O) groups excluding carboxylic acids is 1. The van der Waals surface area contributed by atoms with Crippen molar-refractivity contribution in [3.05, 3.63) is 11.5 Å². The van der Waals surface area contributed by atoms with Gasteiger partial charge in [0.2, 0.25) is 11.7 Å². The number of aryl methyl sites for hydroxylation is 1. The summed E-state index contributed by atoms with van der Waals surface area (Å²) in [6.07, 6.45) is 2.09. The molecular formula is C13H17N5O3. The lowest BCUT2D eigenvalue weighted by Gasteiger charge is -2.25. The highest BCUT2D eigenvalue weighted by atomic mass is 16.5. The molecule has 1 saturated carbocycles. The van der Waals surface area contributed by atoms with Gasteiger partial charge >= 0.3 is 5.84 Å². The Bertz CT molecular complexity index is 681. The van der Waals surface area contributed by atoms with Gasteiger partial charge in [-0.15, -0.1) is 5.10 Å². The van der Waals surface area contributed by atoms with Gasteiger partial charge in [0, 0.05) is 19.1 Å². The van der Waals surface area contributed by atoms with E-state index in [4.69, 9.17) is 9.15 Å². The van der Waals surface area contributed by atoms with Gasteiger partial charge in [-0.25, -0.2) is 0 Å². The van der Waals surface area contributed by atoms with Crippen molar-refractivity contribution in [2.45, 2.75) is 25.8 Å². The molecule has 3 heterocycles. The first kappa shape index (κ1) is 12.6. The molecule has 112 valence electrons. The third kappa shape index (κ3) is 2.25. The van der Waals surface area contributed by atoms with Gasteiger partial charge in [0.05, 0.1) is 18.9 Å². The van der Waals surface area contributed by atoms with E-state index in [1.807, 2.05) is 6.92 Å². The Morgan fingerprint density at radius 2 is 2.10 bits per heavy atom. The van der Waals surface area contributed by atoms with Gasteiger partial charge in [-0.1, -0.05) is 0 Å². The molecule has 0 radical (unpaired) electrons. The second kappa shape index (κ2) is 4.73. The van der Waals surface area contributed by atoms with E-state index >= 15 is 0 Å². The summed E-state index contributed by atoms with van der Waals surface area (Å²) in [7, 11) is 0. The highest BCUT2D eigenvalue weighted by Crippen LogP contribution is 2.22. The van der Waals surface area contributed by atoms with Crippen molar-refractivity contribution in [2.75, 3.05) is 31.2 Å². The maximum atomic E-state index is 12.1. The molecule has 0 spiro atoms. The summed E-state index contributed by atoms with van der Waals surface area (Å²) in [5.74, 6) is 1.09. The fourth-order valence-corrected chi connectivity index (χ4v) is 2.42. The quantitative estimate of drug-likeness (QED) is 0.879. The van der Waals surface area contributed by atoms with E-state index in [9.17, 15) is 4.79 Å². The smallest absolute Gasteiger partial charge is 0.327 e. The Kier molecular flexibility index (Phi) is 2.85. The molecule has 1 saturated heterocycles. The molecule has 8 nitrogen and oxygen atoms in total. The van der Waals surface area contributed by atoms with Gasteiger partial charge in [-0.05, 0) is 19.8 Å². The van der Waals surface area contributed by atoms with E-state index in [0.717, 1.165) is 25.9 Å². The Labute approximate surface area is 121 Å². The van der Waals surface area contributed by atoms with Gasteiger partial charge in [-0.2, -0.15) is 9.50 Å². The van der Waals surface area contributed by atoms with Gasteiger partial charge in [-0.3, -0.25) is 4.79 Å². The predicted octanol–water partition coefficient (Wildman–Crippen LogP) is 0.360. The van der Waals surface area contributed by atoms with Crippen LogP contribution in [0.25, 0.3) is 5.84 Å². The molecule has 2 aliphatic rings. The molecule has 1 amide bonds. The van der Waals surface area contributed by atoms with E-state index in [1.54, 1.807) is 4.52 Å². The number of nitrogens with one attached hydrogen (secondary N) is 1. The molecule has 0 unspecified atom stereocenters. The molecule has 1 N–H and O–H groups in total. The molecule has 21 heavy (non-hydrogen) atoms. The summed E-state index contributed by atoms with van der Waals surface area (Å²) in [5.41, 5.74) is 0.676. The second-order valence-electron chi connectivity index (χ2n) is 5.47. The number of rotatable bonds is 3. The number of hydrogen-bond donors (Lipinski definition) is 1. The van der Waals surface area contributed by atoms with Crippen molar-refractivity contribution in [3.63, 3.8) is 0 Å². The summed E-state index contributed by atoms with van der Waals surface area (Å²) in [6.45, 7) is 4.70. The number of carbonyl (C=O) groups is 1. The number of amides is 1. The first-order valence-electron chi connectivity index (χ1n) is 7.22. The number of aromatic nitrogens is 3. The standard InChI is InChI=1S/C13H17N5O3/c1-8-10(11(19)14-9-2-3-9)21-13-15-12(16-18(8)13)17-4-6-20-7-5-17/h9H,2-7H2,1H3,(H,14,19). The Balaban J connectivity index is 1.61. The van der Waals surface area contributed by atoms with Crippen LogP contribution in [0, 0.1) is 6.92 Å². The molecule has 8 heteroatoms. The molecule has 2 fully saturated rings. The summed E-state index contributed by atoms with van der Waals surface area (Å²) in [6, 6.07) is 0.297. The second-order valence-corrected chi connectivity index (χ2v) is 5.47. The van der Waals surface area contributed by atoms with Crippen LogP contribution in [-0.4, -0.2) is 52.9 Å². The average molecular weight is 291 g/mol. The van der Waals surface area contributed by atoms with Crippen LogP contribution in [0.3, 0.4) is 0 Å². The molecule has 1 aliphatic carbocycles. The first-order chi connectivity index (χ1) is 10.2. The van der Waals surface area contributed by atoms with Crippen LogP contribution in [0.2, 0.25) is 0 Å². The minimum atomic E-state index is -0.185. The van der Waals surface area contributed by atoms with Crippen LogP contribution in [0.5, 0.6) is 0 Å². The molecule has 0 aromatic carbocycles. The monoisotopic (exact) mass is 291 g/mol. The van der Waals surface area contributed by atoms with Gasteiger partial charge in [0.1, 0.15) is 0 Å². The van der Waals surface area contributed by atoms with Crippen LogP contribution >= 0.6 is 0 Å². The maximum Gasteiger partial charge on any atom is 0.327 e. The molecule has 2 aromatic rings. The molecule has 4 rings (SSSR count). The van der Waals surface area contributed by atoms with Crippen LogP contribution in [0.1, 0.15) is 29.1 Å². The Hall–Kier alpha value is -2.09. The number of fused-ring (bicyclic) bond motifs is 1. The SMILES string of the molecule is Cc1c(C(=O)NC2CC2)oc2nc(N3CCOCC3)nn12. The van der Waals surface area contributed by atoms with Gasteiger partial charge < -0.3 is 19.4 Å². The zero-order chi connectivity index (χ0) is 14.4. The third-order valence-corrected chi connectivity index (χ3v) is 3.82. The minimum Gasteiger partial charge on any atom is -0.416 e. The van der Waals surface area contributed by atoms with E-state index in [1.165, 1.54) is 0 Å². The van der Waals surface area contributed by atoms with Gasteiger partial charge in [0.15, 0.2) is 0 Å². The lowest BCUT2D eigenvalue weighted by Crippen LogP contribution is -2.37. The number of ether oxygens (including phenoxy) is 1. The van der Waals surface area contributed by atoms with Crippen molar-refractivity contribution in [1.82, 2.24) is 19.9 Å². The summed E-state index contributed by atoms with van der Waals surface area (Å²) in [5, 5.41) is 7.35. The fourth-order valence-electron chi connectivity index (χ4n) is 2.42. The van der Waals surface area contributed by atoms with E-state index in [-0.39, 0.29) is 5.91 Å². The van der Waals surface area contributed by atoms with Gasteiger partial charge in [0.25, 0.3) is 5.91 Å². The normalized spacial score (nSPS) is 19.2. The van der Waals surface area contributed by atoms with Crippen LogP contribution in [0.15, 0.2) is 4.42 Å². The molecule has 0 atom stereocenters. The Morgan fingerprint density at radius 3 is 2.76 bits per heavy atom. The number of hydrogen-bond acceptors (Lipinski definition) is 6.